The molecule has 0 radical (unpaired) electrons. The number of nitrogens with zero attached hydrogens (tertiary/aromatic N) is 2. The third-order valence-corrected chi connectivity index (χ3v) is 5.64. The van der Waals surface area contributed by atoms with Crippen molar-refractivity contribution in [1.82, 2.24) is 15.6 Å². The van der Waals surface area contributed by atoms with E-state index in [1.54, 1.807) is 32.5 Å². The van der Waals surface area contributed by atoms with Gasteiger partial charge in [0.25, 0.3) is 5.91 Å². The van der Waals surface area contributed by atoms with Gasteiger partial charge >= 0.3 is 0 Å². The lowest BCUT2D eigenvalue weighted by atomic mass is 10.0. The minimum absolute atomic E-state index is 0.152. The molecule has 2 aromatic carbocycles. The molecule has 1 atom stereocenters. The van der Waals surface area contributed by atoms with E-state index in [-0.39, 0.29) is 11.9 Å². The summed E-state index contributed by atoms with van der Waals surface area (Å²) in [5.74, 6) is 2.04. The Hall–Kier alpha value is -3.58. The first-order valence-corrected chi connectivity index (χ1v) is 10.7. The van der Waals surface area contributed by atoms with Crippen molar-refractivity contribution in [2.75, 3.05) is 38.8 Å². The fraction of sp³-hybridized carbons (Fsp3) is 0.280. The maximum Gasteiger partial charge on any atom is 0.251 e. The molecule has 1 aromatic heterocycles. The molecule has 0 aliphatic carbocycles. The first-order chi connectivity index (χ1) is 15.7. The van der Waals surface area contributed by atoms with E-state index >= 15 is 0 Å². The van der Waals surface area contributed by atoms with Gasteiger partial charge in [-0.2, -0.15) is 0 Å². The number of carbonyl (C=O) groups is 1. The number of carbonyl (C=O) groups excluding carboxylic acids is 1. The van der Waals surface area contributed by atoms with E-state index in [0.717, 1.165) is 31.0 Å². The Morgan fingerprint density at radius 3 is 2.75 bits per heavy atom. The Balaban J connectivity index is 1.43. The Morgan fingerprint density at radius 1 is 1.12 bits per heavy atom. The van der Waals surface area contributed by atoms with Gasteiger partial charge in [-0.3, -0.25) is 4.79 Å². The average Bonchev–Trinajstić information content (AvgIpc) is 2.87. The number of hydrogen-bond donors (Lipinski definition) is 2. The van der Waals surface area contributed by atoms with Crippen molar-refractivity contribution in [2.24, 2.45) is 0 Å². The van der Waals surface area contributed by atoms with Gasteiger partial charge in [-0.1, -0.05) is 30.3 Å². The topological polar surface area (TPSA) is 75.7 Å². The molecule has 0 saturated carbocycles. The predicted octanol–water partition coefficient (Wildman–Crippen LogP) is 3.18. The first-order valence-electron chi connectivity index (χ1n) is 10.7. The van der Waals surface area contributed by atoms with Crippen LogP contribution in [0.25, 0.3) is 0 Å². The highest BCUT2D eigenvalue weighted by Crippen LogP contribution is 2.25. The van der Waals surface area contributed by atoms with Gasteiger partial charge in [-0.25, -0.2) is 4.98 Å². The van der Waals surface area contributed by atoms with Gasteiger partial charge in [-0.05, 0) is 29.8 Å². The summed E-state index contributed by atoms with van der Waals surface area (Å²) in [5, 5.41) is 6.53. The molecule has 4 rings (SSSR count). The molecule has 1 aliphatic rings. The van der Waals surface area contributed by atoms with Crippen LogP contribution in [0.5, 0.6) is 11.5 Å². The molecular formula is C25H28N4O3. The number of pyridine rings is 1. The zero-order valence-corrected chi connectivity index (χ0v) is 18.4. The Labute approximate surface area is 188 Å². The molecule has 1 aliphatic heterocycles. The number of rotatable bonds is 7. The van der Waals surface area contributed by atoms with Crippen molar-refractivity contribution < 1.29 is 14.3 Å². The summed E-state index contributed by atoms with van der Waals surface area (Å²) in [7, 11) is 3.21. The molecule has 1 saturated heterocycles. The predicted molar refractivity (Wildman–Crippen MR) is 124 cm³/mol. The summed E-state index contributed by atoms with van der Waals surface area (Å²) < 4.78 is 10.6. The molecule has 0 bridgehead atoms. The van der Waals surface area contributed by atoms with Gasteiger partial charge in [0.1, 0.15) is 17.3 Å². The minimum Gasteiger partial charge on any atom is -0.497 e. The zero-order valence-electron chi connectivity index (χ0n) is 18.4. The maximum atomic E-state index is 12.8. The monoisotopic (exact) mass is 432 g/mol. The molecule has 0 spiro atoms. The van der Waals surface area contributed by atoms with Crippen LogP contribution in [-0.4, -0.2) is 44.7 Å². The highest BCUT2D eigenvalue weighted by Gasteiger charge is 2.22. The van der Waals surface area contributed by atoms with Crippen molar-refractivity contribution in [2.45, 2.75) is 12.6 Å². The van der Waals surface area contributed by atoms with E-state index < -0.39 is 0 Å². The van der Waals surface area contributed by atoms with E-state index in [1.165, 1.54) is 5.56 Å². The molecule has 1 fully saturated rings. The van der Waals surface area contributed by atoms with Gasteiger partial charge in [0.05, 0.1) is 14.2 Å². The first kappa shape index (κ1) is 21.6. The van der Waals surface area contributed by atoms with Gasteiger partial charge in [0.2, 0.25) is 0 Å². The number of anilines is 1. The van der Waals surface area contributed by atoms with Crippen LogP contribution in [-0.2, 0) is 6.54 Å². The second-order valence-corrected chi connectivity index (χ2v) is 7.63. The van der Waals surface area contributed by atoms with Gasteiger partial charge < -0.3 is 25.0 Å². The van der Waals surface area contributed by atoms with E-state index in [4.69, 9.17) is 9.47 Å². The normalized spacial score (nSPS) is 15.8. The summed E-state index contributed by atoms with van der Waals surface area (Å²) in [6.07, 6.45) is 1.69. The number of benzene rings is 2. The second kappa shape index (κ2) is 10.2. The molecule has 7 heteroatoms. The van der Waals surface area contributed by atoms with Crippen LogP contribution in [0, 0.1) is 0 Å². The van der Waals surface area contributed by atoms with Crippen LogP contribution in [0.3, 0.4) is 0 Å². The molecule has 1 amide bonds. The summed E-state index contributed by atoms with van der Waals surface area (Å²) in [6, 6.07) is 19.8. The van der Waals surface area contributed by atoms with Crippen molar-refractivity contribution in [3.05, 3.63) is 83.6 Å². The average molecular weight is 433 g/mol. The van der Waals surface area contributed by atoms with Crippen molar-refractivity contribution in [3.8, 4) is 11.5 Å². The lowest BCUT2D eigenvalue weighted by Crippen LogP contribution is -2.46. The van der Waals surface area contributed by atoms with Crippen molar-refractivity contribution in [1.29, 1.82) is 0 Å². The number of hydrogen-bond acceptors (Lipinski definition) is 6. The Kier molecular flexibility index (Phi) is 6.87. The summed E-state index contributed by atoms with van der Waals surface area (Å²) in [5.41, 5.74) is 2.71. The molecule has 2 heterocycles. The maximum absolute atomic E-state index is 12.8. The summed E-state index contributed by atoms with van der Waals surface area (Å²) >= 11 is 0. The molecule has 166 valence electrons. The van der Waals surface area contributed by atoms with Gasteiger partial charge in [0.15, 0.2) is 0 Å². The zero-order chi connectivity index (χ0) is 22.3. The standard InChI is InChI=1S/C25H28N4O3/c1-31-21-9-8-20(23(15-21)32-2)16-28-25(30)19-10-11-27-24(14-19)29-13-12-26-22(17-29)18-6-4-3-5-7-18/h3-11,14-15,22,26H,12-13,16-17H2,1-2H3,(H,28,30). The summed E-state index contributed by atoms with van der Waals surface area (Å²) in [6.45, 7) is 2.85. The smallest absolute Gasteiger partial charge is 0.251 e. The quantitative estimate of drug-likeness (QED) is 0.597. The molecule has 32 heavy (non-hydrogen) atoms. The van der Waals surface area contributed by atoms with Crippen LogP contribution in [0.1, 0.15) is 27.5 Å². The lowest BCUT2D eigenvalue weighted by molar-refractivity contribution is 0.0950. The number of ether oxygens (including phenoxy) is 2. The van der Waals surface area contributed by atoms with Gasteiger partial charge in [-0.15, -0.1) is 0 Å². The van der Waals surface area contributed by atoms with Crippen LogP contribution in [0.15, 0.2) is 66.9 Å². The molecule has 3 aromatic rings. The van der Waals surface area contributed by atoms with Crippen LogP contribution in [0.2, 0.25) is 0 Å². The highest BCUT2D eigenvalue weighted by molar-refractivity contribution is 5.94. The van der Waals surface area contributed by atoms with Crippen molar-refractivity contribution in [3.63, 3.8) is 0 Å². The Morgan fingerprint density at radius 2 is 1.97 bits per heavy atom. The van der Waals surface area contributed by atoms with E-state index in [0.29, 0.717) is 23.6 Å². The minimum atomic E-state index is -0.152. The van der Waals surface area contributed by atoms with Crippen molar-refractivity contribution >= 4 is 11.7 Å². The molecule has 7 nitrogen and oxygen atoms in total. The third-order valence-electron chi connectivity index (χ3n) is 5.64. The molecule has 2 N–H and O–H groups in total. The number of aromatic nitrogens is 1. The van der Waals surface area contributed by atoms with Crippen LogP contribution in [0.4, 0.5) is 5.82 Å². The van der Waals surface area contributed by atoms with Crippen LogP contribution >= 0.6 is 0 Å². The number of nitrogens with one attached hydrogen (secondary N) is 2. The second-order valence-electron chi connectivity index (χ2n) is 7.63. The molecular weight excluding hydrogens is 404 g/mol. The third kappa shape index (κ3) is 5.00. The number of methoxy groups -OCH3 is 2. The van der Waals surface area contributed by atoms with Crippen LogP contribution < -0.4 is 25.0 Å². The highest BCUT2D eigenvalue weighted by atomic mass is 16.5. The fourth-order valence-electron chi connectivity index (χ4n) is 3.87. The fourth-order valence-corrected chi connectivity index (χ4v) is 3.87. The molecule has 1 unspecified atom stereocenters. The van der Waals surface area contributed by atoms with E-state index in [1.807, 2.05) is 24.3 Å². The largest absolute Gasteiger partial charge is 0.497 e. The lowest BCUT2D eigenvalue weighted by Gasteiger charge is -2.34. The SMILES string of the molecule is COc1ccc(CNC(=O)c2ccnc(N3CCNC(c4ccccc4)C3)c2)c(OC)c1. The number of piperazine rings is 1. The number of amides is 1. The summed E-state index contributed by atoms with van der Waals surface area (Å²) in [4.78, 5) is 19.6. The Bertz CT molecular complexity index is 1060. The van der Waals surface area contributed by atoms with E-state index in [2.05, 4.69) is 44.8 Å². The van der Waals surface area contributed by atoms with Gasteiger partial charge in [0, 0.05) is 55.6 Å². The van der Waals surface area contributed by atoms with E-state index in [9.17, 15) is 4.79 Å².